The molecule has 8 nitrogen and oxygen atoms in total. The fraction of sp³-hybridized carbons (Fsp3) is 0.769. The summed E-state index contributed by atoms with van der Waals surface area (Å²) in [6.07, 6.45) is 3.88. The van der Waals surface area contributed by atoms with Gasteiger partial charge in [0.05, 0.1) is 6.10 Å². The molecule has 1 aliphatic rings. The molecule has 1 saturated heterocycles. The number of aliphatic hydroxyl groups is 1. The minimum atomic E-state index is -0.344. The number of nitrogen functional groups attached to an aromatic ring is 1. The summed E-state index contributed by atoms with van der Waals surface area (Å²) >= 11 is 0. The molecule has 1 fully saturated rings. The third kappa shape index (κ3) is 4.40. The first-order valence-corrected chi connectivity index (χ1v) is 7.47. The minimum Gasteiger partial charge on any atom is -0.393 e. The number of nitrogens with zero attached hydrogens (tertiary/aromatic N) is 5. The quantitative estimate of drug-likeness (QED) is 0.510. The highest BCUT2D eigenvalue weighted by molar-refractivity contribution is 5.44. The number of hydrazine groups is 1. The number of aliphatic hydroxyl groups excluding tert-OH is 1. The summed E-state index contributed by atoms with van der Waals surface area (Å²) in [5.74, 6) is 7.06. The lowest BCUT2D eigenvalue weighted by atomic mass is 10.1. The Morgan fingerprint density at radius 1 is 1.29 bits per heavy atom. The van der Waals surface area contributed by atoms with Crippen LogP contribution in [0.2, 0.25) is 0 Å². The lowest BCUT2D eigenvalue weighted by Crippen LogP contribution is -2.33. The van der Waals surface area contributed by atoms with Crippen LogP contribution in [0.5, 0.6) is 0 Å². The van der Waals surface area contributed by atoms with Gasteiger partial charge in [0.1, 0.15) is 0 Å². The first kappa shape index (κ1) is 15.7. The lowest BCUT2D eigenvalue weighted by molar-refractivity contribution is 0.186. The fourth-order valence-corrected chi connectivity index (χ4v) is 2.30. The van der Waals surface area contributed by atoms with Crippen LogP contribution >= 0.6 is 0 Å². The summed E-state index contributed by atoms with van der Waals surface area (Å²) in [5.41, 5.74) is 2.50. The maximum absolute atomic E-state index is 9.39. The average Bonchev–Trinajstić information content (AvgIpc) is 2.52. The van der Waals surface area contributed by atoms with Crippen molar-refractivity contribution in [2.75, 3.05) is 41.9 Å². The molecule has 1 aromatic heterocycles. The van der Waals surface area contributed by atoms with Crippen LogP contribution < -0.4 is 21.1 Å². The zero-order chi connectivity index (χ0) is 15.2. The van der Waals surface area contributed by atoms with Gasteiger partial charge in [-0.25, -0.2) is 5.84 Å². The molecule has 1 atom stereocenters. The van der Waals surface area contributed by atoms with Crippen molar-refractivity contribution in [3.8, 4) is 0 Å². The summed E-state index contributed by atoms with van der Waals surface area (Å²) < 4.78 is 0. The molecule has 1 unspecified atom stereocenters. The average molecular weight is 295 g/mol. The van der Waals surface area contributed by atoms with Crippen molar-refractivity contribution in [3.63, 3.8) is 0 Å². The van der Waals surface area contributed by atoms with Crippen LogP contribution in [0, 0.1) is 0 Å². The van der Waals surface area contributed by atoms with Crippen molar-refractivity contribution in [2.45, 2.75) is 38.7 Å². The van der Waals surface area contributed by atoms with E-state index in [9.17, 15) is 5.11 Å². The number of nitrogens with one attached hydrogen (secondary N) is 1. The van der Waals surface area contributed by atoms with Crippen molar-refractivity contribution in [1.29, 1.82) is 0 Å². The topological polar surface area (TPSA) is 103 Å². The number of piperidine rings is 1. The molecule has 0 saturated carbocycles. The Labute approximate surface area is 125 Å². The SMILES string of the molecule is CC(O)CCN(C)c1nc(NN)nc(N2CCCCC2)n1. The number of hydrogen-bond donors (Lipinski definition) is 3. The van der Waals surface area contributed by atoms with Crippen LogP contribution in [0.25, 0.3) is 0 Å². The number of nitrogens with two attached hydrogens (primary N) is 1. The highest BCUT2D eigenvalue weighted by atomic mass is 16.3. The first-order valence-electron chi connectivity index (χ1n) is 7.47. The maximum Gasteiger partial charge on any atom is 0.243 e. The Morgan fingerprint density at radius 3 is 2.62 bits per heavy atom. The molecular formula is C13H25N7O. The van der Waals surface area contributed by atoms with Gasteiger partial charge in [0.15, 0.2) is 0 Å². The van der Waals surface area contributed by atoms with E-state index in [0.29, 0.717) is 30.8 Å². The van der Waals surface area contributed by atoms with E-state index in [1.807, 2.05) is 11.9 Å². The van der Waals surface area contributed by atoms with E-state index in [4.69, 9.17) is 5.84 Å². The number of anilines is 3. The molecule has 0 bridgehead atoms. The normalized spacial score (nSPS) is 16.7. The number of aromatic nitrogens is 3. The molecule has 0 aliphatic carbocycles. The van der Waals surface area contributed by atoms with Crippen LogP contribution in [0.3, 0.4) is 0 Å². The molecule has 4 N–H and O–H groups in total. The van der Waals surface area contributed by atoms with Crippen LogP contribution in [-0.4, -0.2) is 52.8 Å². The molecule has 0 radical (unpaired) electrons. The monoisotopic (exact) mass is 295 g/mol. The molecule has 1 aliphatic heterocycles. The fourth-order valence-electron chi connectivity index (χ4n) is 2.30. The number of hydrogen-bond acceptors (Lipinski definition) is 8. The summed E-state index contributed by atoms with van der Waals surface area (Å²) in [6, 6.07) is 0. The van der Waals surface area contributed by atoms with Crippen molar-refractivity contribution in [1.82, 2.24) is 15.0 Å². The summed E-state index contributed by atoms with van der Waals surface area (Å²) in [7, 11) is 1.90. The van der Waals surface area contributed by atoms with Crippen LogP contribution in [-0.2, 0) is 0 Å². The van der Waals surface area contributed by atoms with Gasteiger partial charge in [-0.2, -0.15) is 15.0 Å². The lowest BCUT2D eigenvalue weighted by Gasteiger charge is -2.27. The predicted octanol–water partition coefficient (Wildman–Crippen LogP) is 0.355. The highest BCUT2D eigenvalue weighted by Gasteiger charge is 2.17. The van der Waals surface area contributed by atoms with Crippen molar-refractivity contribution >= 4 is 17.8 Å². The Hall–Kier alpha value is -1.67. The third-order valence-electron chi connectivity index (χ3n) is 3.60. The van der Waals surface area contributed by atoms with Gasteiger partial charge in [0, 0.05) is 26.7 Å². The Balaban J connectivity index is 2.16. The maximum atomic E-state index is 9.39. The molecule has 8 heteroatoms. The summed E-state index contributed by atoms with van der Waals surface area (Å²) in [4.78, 5) is 17.2. The van der Waals surface area contributed by atoms with Crippen molar-refractivity contribution in [3.05, 3.63) is 0 Å². The smallest absolute Gasteiger partial charge is 0.243 e. The second kappa shape index (κ2) is 7.37. The van der Waals surface area contributed by atoms with E-state index < -0.39 is 0 Å². The van der Waals surface area contributed by atoms with Crippen molar-refractivity contribution < 1.29 is 5.11 Å². The Morgan fingerprint density at radius 2 is 2.00 bits per heavy atom. The van der Waals surface area contributed by atoms with Gasteiger partial charge in [-0.1, -0.05) is 0 Å². The first-order chi connectivity index (χ1) is 10.1. The van der Waals surface area contributed by atoms with E-state index in [-0.39, 0.29) is 6.10 Å². The van der Waals surface area contributed by atoms with E-state index in [1.165, 1.54) is 6.42 Å². The molecule has 0 spiro atoms. The Kier molecular flexibility index (Phi) is 5.51. The van der Waals surface area contributed by atoms with Gasteiger partial charge in [0.2, 0.25) is 17.8 Å². The van der Waals surface area contributed by atoms with Crippen LogP contribution in [0.4, 0.5) is 17.8 Å². The van der Waals surface area contributed by atoms with Crippen LogP contribution in [0.15, 0.2) is 0 Å². The van der Waals surface area contributed by atoms with Gasteiger partial charge in [0.25, 0.3) is 0 Å². The third-order valence-corrected chi connectivity index (χ3v) is 3.60. The van der Waals surface area contributed by atoms with E-state index in [2.05, 4.69) is 25.3 Å². The van der Waals surface area contributed by atoms with Gasteiger partial charge in [-0.15, -0.1) is 0 Å². The standard InChI is InChI=1S/C13H25N7O/c1-10(21)6-9-19(2)12-15-11(18-14)16-13(17-12)20-7-4-3-5-8-20/h10,21H,3-9,14H2,1-2H3,(H,15,16,17,18). The molecule has 2 heterocycles. The number of rotatable bonds is 6. The van der Waals surface area contributed by atoms with Crippen molar-refractivity contribution in [2.24, 2.45) is 5.84 Å². The zero-order valence-corrected chi connectivity index (χ0v) is 12.8. The van der Waals surface area contributed by atoms with Gasteiger partial charge in [-0.05, 0) is 32.6 Å². The second-order valence-electron chi connectivity index (χ2n) is 5.51. The summed E-state index contributed by atoms with van der Waals surface area (Å²) in [5, 5.41) is 9.39. The molecule has 0 aromatic carbocycles. The van der Waals surface area contributed by atoms with Crippen LogP contribution in [0.1, 0.15) is 32.6 Å². The van der Waals surface area contributed by atoms with Gasteiger partial charge in [-0.3, -0.25) is 5.43 Å². The predicted molar refractivity (Wildman–Crippen MR) is 83.3 cm³/mol. The molecule has 21 heavy (non-hydrogen) atoms. The molecule has 1 aromatic rings. The van der Waals surface area contributed by atoms with E-state index >= 15 is 0 Å². The van der Waals surface area contributed by atoms with E-state index in [1.54, 1.807) is 6.92 Å². The Bertz CT molecular complexity index is 448. The molecule has 118 valence electrons. The zero-order valence-electron chi connectivity index (χ0n) is 12.8. The molecular weight excluding hydrogens is 270 g/mol. The largest absolute Gasteiger partial charge is 0.393 e. The minimum absolute atomic E-state index is 0.344. The molecule has 2 rings (SSSR count). The highest BCUT2D eigenvalue weighted by Crippen LogP contribution is 2.19. The second-order valence-corrected chi connectivity index (χ2v) is 5.51. The summed E-state index contributed by atoms with van der Waals surface area (Å²) in [6.45, 7) is 4.37. The molecule has 0 amide bonds. The van der Waals surface area contributed by atoms with E-state index in [0.717, 1.165) is 25.9 Å². The van der Waals surface area contributed by atoms with Gasteiger partial charge >= 0.3 is 0 Å². The van der Waals surface area contributed by atoms with Gasteiger partial charge < -0.3 is 14.9 Å².